The number of rotatable bonds is 8. The first-order valence-corrected chi connectivity index (χ1v) is 13.6. The molecular weight excluding hydrogens is 577 g/mol. The maximum atomic E-state index is 14.4. The summed E-state index contributed by atoms with van der Waals surface area (Å²) in [6.07, 6.45) is 5.63. The lowest BCUT2D eigenvalue weighted by atomic mass is 10.0. The van der Waals surface area contributed by atoms with Crippen molar-refractivity contribution in [3.05, 3.63) is 90.1 Å². The highest BCUT2D eigenvalue weighted by Crippen LogP contribution is 2.28. The van der Waals surface area contributed by atoms with Crippen LogP contribution in [0.25, 0.3) is 33.9 Å². The quantitative estimate of drug-likeness (QED) is 0.232. The molecule has 0 aliphatic rings. The largest absolute Gasteiger partial charge is 0.387 e. The molecule has 6 heterocycles. The number of hydrogen-bond acceptors (Lipinski definition) is 10. The van der Waals surface area contributed by atoms with Gasteiger partial charge in [0.05, 0.1) is 87.4 Å². The van der Waals surface area contributed by atoms with Crippen molar-refractivity contribution in [1.82, 2.24) is 39.5 Å². The second kappa shape index (κ2) is 11.4. The summed E-state index contributed by atoms with van der Waals surface area (Å²) in [5.74, 6) is -0.227. The summed E-state index contributed by atoms with van der Waals surface area (Å²) in [5.41, 5.74) is 3.18. The average molecular weight is 602 g/mol. The third-order valence-corrected chi connectivity index (χ3v) is 7.04. The molecular formula is C31H24FN11O2. The number of alkyl halides is 1. The van der Waals surface area contributed by atoms with Crippen LogP contribution in [0.5, 0.6) is 0 Å². The third kappa shape index (κ3) is 5.73. The van der Waals surface area contributed by atoms with E-state index in [9.17, 15) is 19.6 Å². The van der Waals surface area contributed by atoms with E-state index in [2.05, 4.69) is 47.9 Å². The fourth-order valence-corrected chi connectivity index (χ4v) is 4.57. The molecule has 6 rings (SSSR count). The Balaban J connectivity index is 1.33. The lowest BCUT2D eigenvalue weighted by Crippen LogP contribution is -2.42. The summed E-state index contributed by atoms with van der Waals surface area (Å²) >= 11 is 0. The normalized spacial score (nSPS) is 12.0. The number of pyridine rings is 1. The molecule has 14 heteroatoms. The minimum atomic E-state index is -1.70. The molecule has 13 nitrogen and oxygen atoms in total. The number of aliphatic hydroxyl groups is 1. The van der Waals surface area contributed by atoms with E-state index < -0.39 is 24.2 Å². The van der Waals surface area contributed by atoms with Crippen molar-refractivity contribution in [2.45, 2.75) is 25.6 Å². The van der Waals surface area contributed by atoms with Gasteiger partial charge in [-0.2, -0.15) is 20.7 Å². The third-order valence-electron chi connectivity index (χ3n) is 7.04. The van der Waals surface area contributed by atoms with E-state index in [0.29, 0.717) is 56.4 Å². The summed E-state index contributed by atoms with van der Waals surface area (Å²) in [5, 5.41) is 42.6. The van der Waals surface area contributed by atoms with Crippen LogP contribution in [0, 0.1) is 22.7 Å². The van der Waals surface area contributed by atoms with Crippen molar-refractivity contribution >= 4 is 28.3 Å². The molecule has 0 saturated heterocycles. The summed E-state index contributed by atoms with van der Waals surface area (Å²) in [6, 6.07) is 16.4. The Kier molecular flexibility index (Phi) is 7.34. The zero-order chi connectivity index (χ0) is 31.7. The second-order valence-corrected chi connectivity index (χ2v) is 10.7. The Hall–Kier alpha value is -6.25. The van der Waals surface area contributed by atoms with Crippen molar-refractivity contribution in [2.75, 3.05) is 11.9 Å². The highest BCUT2D eigenvalue weighted by atomic mass is 19.1. The molecule has 0 aliphatic carbocycles. The summed E-state index contributed by atoms with van der Waals surface area (Å²) in [6.45, 7) is 2.23. The van der Waals surface area contributed by atoms with E-state index in [1.54, 1.807) is 45.4 Å². The number of fused-ring (bicyclic) bond motifs is 2. The van der Waals surface area contributed by atoms with E-state index >= 15 is 0 Å². The lowest BCUT2D eigenvalue weighted by Gasteiger charge is -2.22. The first kappa shape index (κ1) is 28.9. The van der Waals surface area contributed by atoms with E-state index in [0.717, 1.165) is 0 Å². The Morgan fingerprint density at radius 1 is 0.911 bits per heavy atom. The van der Waals surface area contributed by atoms with Gasteiger partial charge in [0.2, 0.25) is 0 Å². The van der Waals surface area contributed by atoms with E-state index in [-0.39, 0.29) is 5.56 Å². The smallest absolute Gasteiger partial charge is 0.255 e. The number of nitrogens with zero attached hydrogens (tertiary/aromatic N) is 9. The monoisotopic (exact) mass is 601 g/mol. The first-order chi connectivity index (χ1) is 21.6. The molecule has 222 valence electrons. The zero-order valence-corrected chi connectivity index (χ0v) is 24.0. The summed E-state index contributed by atoms with van der Waals surface area (Å²) in [7, 11) is 0. The Morgan fingerprint density at radius 2 is 1.51 bits per heavy atom. The van der Waals surface area contributed by atoms with Crippen LogP contribution in [0.2, 0.25) is 0 Å². The average Bonchev–Trinajstić information content (AvgIpc) is 3.67. The number of halogens is 1. The molecule has 0 radical (unpaired) electrons. The van der Waals surface area contributed by atoms with Gasteiger partial charge < -0.3 is 15.7 Å². The Bertz CT molecular complexity index is 2150. The maximum absolute atomic E-state index is 14.4. The van der Waals surface area contributed by atoms with Crippen LogP contribution in [0.15, 0.2) is 73.4 Å². The molecule has 0 aromatic carbocycles. The molecule has 1 atom stereocenters. The van der Waals surface area contributed by atoms with Crippen LogP contribution in [-0.2, 0) is 0 Å². The van der Waals surface area contributed by atoms with Crippen molar-refractivity contribution in [1.29, 1.82) is 10.5 Å². The minimum Gasteiger partial charge on any atom is -0.387 e. The molecule has 3 N–H and O–H groups in total. The predicted molar refractivity (Wildman–Crippen MR) is 161 cm³/mol. The number of carbonyl (C=O) groups is 1. The molecule has 6 aromatic rings. The molecule has 45 heavy (non-hydrogen) atoms. The predicted octanol–water partition coefficient (Wildman–Crippen LogP) is 3.83. The van der Waals surface area contributed by atoms with Gasteiger partial charge in [-0.3, -0.25) is 9.78 Å². The number of amides is 1. The fourth-order valence-electron chi connectivity index (χ4n) is 4.57. The highest BCUT2D eigenvalue weighted by molar-refractivity contribution is 6.00. The van der Waals surface area contributed by atoms with Gasteiger partial charge in [-0.15, -0.1) is 0 Å². The van der Waals surface area contributed by atoms with Gasteiger partial charge in [0, 0.05) is 6.20 Å². The summed E-state index contributed by atoms with van der Waals surface area (Å²) in [4.78, 5) is 26.6. The number of anilines is 2. The second-order valence-electron chi connectivity index (χ2n) is 10.7. The maximum Gasteiger partial charge on any atom is 0.255 e. The van der Waals surface area contributed by atoms with Crippen molar-refractivity contribution in [3.63, 3.8) is 0 Å². The van der Waals surface area contributed by atoms with Crippen LogP contribution in [0.1, 0.15) is 35.3 Å². The van der Waals surface area contributed by atoms with Gasteiger partial charge in [0.1, 0.15) is 24.0 Å². The molecule has 0 saturated carbocycles. The number of carbonyl (C=O) groups excluding carboxylic acids is 1. The summed E-state index contributed by atoms with van der Waals surface area (Å²) < 4.78 is 17.7. The first-order valence-electron chi connectivity index (χ1n) is 13.6. The standard InChI is InChI=1S/C31H24FN11O2/c1-31(2,45)28(32)17-38-30(44)23-16-35-25(26-5-3-21-7-18(10-33)12-39-42(21)26)9-24(23)41-20-14-36-29(37-15-20)27-6-4-22-8-19(11-34)13-40-43(22)27/h3-9,12-16,28,45H,17H2,1-2H3,(H,35,41)(H,38,44). The molecule has 0 aliphatic heterocycles. The molecule has 1 amide bonds. The van der Waals surface area contributed by atoms with Gasteiger partial charge in [-0.25, -0.2) is 23.4 Å². The molecule has 1 unspecified atom stereocenters. The number of nitriles is 2. The molecule has 0 bridgehead atoms. The molecule has 0 fully saturated rings. The highest BCUT2D eigenvalue weighted by Gasteiger charge is 2.27. The van der Waals surface area contributed by atoms with Crippen molar-refractivity contribution in [2.24, 2.45) is 0 Å². The van der Waals surface area contributed by atoms with Crippen LogP contribution in [-0.4, -0.2) is 63.5 Å². The number of nitrogens with one attached hydrogen (secondary N) is 2. The Labute approximate surface area is 255 Å². The minimum absolute atomic E-state index is 0.112. The van der Waals surface area contributed by atoms with E-state index in [1.165, 1.54) is 44.8 Å². The van der Waals surface area contributed by atoms with Crippen molar-refractivity contribution in [3.8, 4) is 35.0 Å². The van der Waals surface area contributed by atoms with Crippen LogP contribution >= 0.6 is 0 Å². The SMILES string of the molecule is CC(C)(O)C(F)CNC(=O)c1cnc(-c2ccc3cc(C#N)cnn23)cc1Nc1cnc(-c2ccc3cc(C#N)cnn23)nc1. The fraction of sp³-hybridized carbons (Fsp3) is 0.161. The van der Waals surface area contributed by atoms with Gasteiger partial charge in [0.25, 0.3) is 5.91 Å². The van der Waals surface area contributed by atoms with Crippen LogP contribution in [0.4, 0.5) is 15.8 Å². The topological polar surface area (TPSA) is 182 Å². The van der Waals surface area contributed by atoms with Gasteiger partial charge in [-0.1, -0.05) is 0 Å². The van der Waals surface area contributed by atoms with Crippen molar-refractivity contribution < 1.29 is 14.3 Å². The number of aromatic nitrogens is 7. The zero-order valence-electron chi connectivity index (χ0n) is 24.0. The van der Waals surface area contributed by atoms with E-state index in [1.807, 2.05) is 6.07 Å². The van der Waals surface area contributed by atoms with E-state index in [4.69, 9.17) is 5.26 Å². The van der Waals surface area contributed by atoms with Crippen LogP contribution in [0.3, 0.4) is 0 Å². The molecule has 0 spiro atoms. The van der Waals surface area contributed by atoms with Gasteiger partial charge in [-0.05, 0) is 56.3 Å². The van der Waals surface area contributed by atoms with Gasteiger partial charge >= 0.3 is 0 Å². The molecule has 6 aromatic heterocycles. The number of hydrogen-bond donors (Lipinski definition) is 3. The lowest BCUT2D eigenvalue weighted by molar-refractivity contribution is -0.00177. The van der Waals surface area contributed by atoms with Crippen LogP contribution < -0.4 is 10.6 Å². The van der Waals surface area contributed by atoms with Gasteiger partial charge in [0.15, 0.2) is 5.82 Å². The Morgan fingerprint density at radius 3 is 2.11 bits per heavy atom.